The number of hydrogen-bond donors (Lipinski definition) is 1. The lowest BCUT2D eigenvalue weighted by molar-refractivity contribution is -0.113. The van der Waals surface area contributed by atoms with E-state index < -0.39 is 5.97 Å². The molecule has 0 fully saturated rings. The Balaban J connectivity index is 1.45. The highest BCUT2D eigenvalue weighted by atomic mass is 32.2. The van der Waals surface area contributed by atoms with Gasteiger partial charge in [0, 0.05) is 23.6 Å². The quantitative estimate of drug-likeness (QED) is 0.286. The zero-order chi connectivity index (χ0) is 23.8. The zero-order valence-electron chi connectivity index (χ0n) is 18.5. The molecular formula is C25H23N5O3S. The van der Waals surface area contributed by atoms with E-state index in [0.717, 1.165) is 11.1 Å². The summed E-state index contributed by atoms with van der Waals surface area (Å²) in [4.78, 5) is 28.5. The molecule has 0 aliphatic heterocycles. The van der Waals surface area contributed by atoms with Crippen LogP contribution in [0.2, 0.25) is 0 Å². The third-order valence-electron chi connectivity index (χ3n) is 4.83. The fourth-order valence-electron chi connectivity index (χ4n) is 3.24. The molecule has 0 spiro atoms. The molecule has 2 aromatic carbocycles. The predicted octanol–water partition coefficient (Wildman–Crippen LogP) is 4.30. The van der Waals surface area contributed by atoms with Gasteiger partial charge in [0.15, 0.2) is 11.0 Å². The van der Waals surface area contributed by atoms with Crippen LogP contribution in [0.3, 0.4) is 0 Å². The molecule has 4 aromatic rings. The zero-order valence-corrected chi connectivity index (χ0v) is 19.4. The first-order valence-corrected chi connectivity index (χ1v) is 11.7. The van der Waals surface area contributed by atoms with Gasteiger partial charge in [-0.3, -0.25) is 14.3 Å². The minimum atomic E-state index is -0.391. The van der Waals surface area contributed by atoms with Crippen LogP contribution in [0.1, 0.15) is 22.8 Å². The van der Waals surface area contributed by atoms with Gasteiger partial charge in [-0.05, 0) is 48.9 Å². The molecule has 172 valence electrons. The van der Waals surface area contributed by atoms with Gasteiger partial charge >= 0.3 is 5.97 Å². The molecule has 8 nitrogen and oxygen atoms in total. The minimum Gasteiger partial charge on any atom is -0.462 e. The van der Waals surface area contributed by atoms with Gasteiger partial charge in [0.1, 0.15) is 0 Å². The van der Waals surface area contributed by atoms with Crippen molar-refractivity contribution in [1.82, 2.24) is 19.7 Å². The molecular weight excluding hydrogens is 450 g/mol. The van der Waals surface area contributed by atoms with Crippen molar-refractivity contribution in [2.45, 2.75) is 18.6 Å². The molecule has 0 aliphatic rings. The number of nitrogens with one attached hydrogen (secondary N) is 1. The maximum absolute atomic E-state index is 12.6. The van der Waals surface area contributed by atoms with Crippen molar-refractivity contribution in [2.75, 3.05) is 17.7 Å². The molecule has 9 heteroatoms. The van der Waals surface area contributed by atoms with Crippen LogP contribution < -0.4 is 5.32 Å². The minimum absolute atomic E-state index is 0.152. The SMILES string of the molecule is CCOC(=O)c1ccc(NC(=O)CSc2nnc(-c3cccnc3)n2Cc2ccccc2)cc1. The van der Waals surface area contributed by atoms with Crippen molar-refractivity contribution in [1.29, 1.82) is 0 Å². The Morgan fingerprint density at radius 1 is 1.00 bits per heavy atom. The molecule has 0 saturated heterocycles. The average molecular weight is 474 g/mol. The topological polar surface area (TPSA) is 99.0 Å². The number of hydrogen-bond acceptors (Lipinski definition) is 7. The van der Waals surface area contributed by atoms with Crippen LogP contribution in [0.4, 0.5) is 5.69 Å². The number of rotatable bonds is 9. The molecule has 1 N–H and O–H groups in total. The Bertz CT molecular complexity index is 1240. The molecule has 2 aromatic heterocycles. The van der Waals surface area contributed by atoms with Gasteiger partial charge in [-0.25, -0.2) is 4.79 Å². The number of thioether (sulfide) groups is 1. The molecule has 0 aliphatic carbocycles. The number of amides is 1. The Kier molecular flexibility index (Phi) is 7.67. The summed E-state index contributed by atoms with van der Waals surface area (Å²) < 4.78 is 6.96. The van der Waals surface area contributed by atoms with E-state index in [0.29, 0.717) is 35.4 Å². The smallest absolute Gasteiger partial charge is 0.338 e. The Hall–Kier alpha value is -3.98. The fourth-order valence-corrected chi connectivity index (χ4v) is 3.98. The van der Waals surface area contributed by atoms with Crippen molar-refractivity contribution in [3.8, 4) is 11.4 Å². The summed E-state index contributed by atoms with van der Waals surface area (Å²) in [6.45, 7) is 2.63. The van der Waals surface area contributed by atoms with Crippen LogP contribution in [-0.2, 0) is 16.1 Å². The van der Waals surface area contributed by atoms with Crippen molar-refractivity contribution < 1.29 is 14.3 Å². The normalized spacial score (nSPS) is 10.6. The largest absolute Gasteiger partial charge is 0.462 e. The number of esters is 1. The molecule has 0 saturated carbocycles. The van der Waals surface area contributed by atoms with Gasteiger partial charge in [0.05, 0.1) is 24.5 Å². The van der Waals surface area contributed by atoms with Gasteiger partial charge in [0.2, 0.25) is 5.91 Å². The predicted molar refractivity (Wildman–Crippen MR) is 131 cm³/mol. The molecule has 0 atom stereocenters. The lowest BCUT2D eigenvalue weighted by Crippen LogP contribution is -2.15. The van der Waals surface area contributed by atoms with Gasteiger partial charge in [-0.1, -0.05) is 42.1 Å². The van der Waals surface area contributed by atoms with Crippen LogP contribution in [0.15, 0.2) is 84.3 Å². The number of nitrogens with zero attached hydrogens (tertiary/aromatic N) is 4. The Labute approximate surface area is 201 Å². The van der Waals surface area contributed by atoms with Crippen LogP contribution in [-0.4, -0.2) is 44.0 Å². The number of ether oxygens (including phenoxy) is 1. The molecule has 0 unspecified atom stereocenters. The van der Waals surface area contributed by atoms with Crippen LogP contribution in [0.25, 0.3) is 11.4 Å². The summed E-state index contributed by atoms with van der Waals surface area (Å²) in [5.74, 6) is 0.262. The number of benzene rings is 2. The van der Waals surface area contributed by atoms with E-state index >= 15 is 0 Å². The summed E-state index contributed by atoms with van der Waals surface area (Å²) in [5.41, 5.74) is 2.98. The van der Waals surface area contributed by atoms with E-state index in [2.05, 4.69) is 20.5 Å². The third-order valence-corrected chi connectivity index (χ3v) is 5.80. The first-order valence-electron chi connectivity index (χ1n) is 10.7. The van der Waals surface area contributed by atoms with Crippen molar-refractivity contribution in [2.24, 2.45) is 0 Å². The highest BCUT2D eigenvalue weighted by Gasteiger charge is 2.16. The molecule has 0 bridgehead atoms. The second-order valence-corrected chi connectivity index (χ2v) is 8.20. The first kappa shape index (κ1) is 23.2. The van der Waals surface area contributed by atoms with Crippen molar-refractivity contribution in [3.05, 3.63) is 90.3 Å². The molecule has 0 radical (unpaired) electrons. The number of carbonyl (C=O) groups excluding carboxylic acids is 2. The summed E-state index contributed by atoms with van der Waals surface area (Å²) in [6.07, 6.45) is 3.45. The summed E-state index contributed by atoms with van der Waals surface area (Å²) in [6, 6.07) is 20.4. The molecule has 2 heterocycles. The summed E-state index contributed by atoms with van der Waals surface area (Å²) in [7, 11) is 0. The maximum Gasteiger partial charge on any atom is 0.338 e. The second kappa shape index (κ2) is 11.2. The fraction of sp³-hybridized carbons (Fsp3) is 0.160. The number of aromatic nitrogens is 4. The van der Waals surface area contributed by atoms with Gasteiger partial charge in [-0.2, -0.15) is 0 Å². The summed E-state index contributed by atoms with van der Waals surface area (Å²) >= 11 is 1.31. The molecule has 34 heavy (non-hydrogen) atoms. The highest BCUT2D eigenvalue weighted by Crippen LogP contribution is 2.25. The Morgan fingerprint density at radius 2 is 1.79 bits per heavy atom. The lowest BCUT2D eigenvalue weighted by atomic mass is 10.2. The first-order chi connectivity index (χ1) is 16.6. The van der Waals surface area contributed by atoms with Crippen LogP contribution >= 0.6 is 11.8 Å². The van der Waals surface area contributed by atoms with Crippen LogP contribution in [0.5, 0.6) is 0 Å². The number of anilines is 1. The van der Waals surface area contributed by atoms with E-state index in [1.54, 1.807) is 43.6 Å². The Morgan fingerprint density at radius 3 is 2.50 bits per heavy atom. The van der Waals surface area contributed by atoms with E-state index in [9.17, 15) is 9.59 Å². The van der Waals surface area contributed by atoms with Gasteiger partial charge < -0.3 is 10.1 Å². The van der Waals surface area contributed by atoms with Gasteiger partial charge in [-0.15, -0.1) is 10.2 Å². The molecule has 1 amide bonds. The summed E-state index contributed by atoms with van der Waals surface area (Å²) in [5, 5.41) is 12.2. The third kappa shape index (κ3) is 5.87. The molecule has 4 rings (SSSR count). The number of carbonyl (C=O) groups is 2. The standard InChI is InChI=1S/C25H23N5O3S/c1-2-33-24(32)19-10-12-21(13-11-19)27-22(31)17-34-25-29-28-23(20-9-6-14-26-15-20)30(25)16-18-7-4-3-5-8-18/h3-15H,2,16-17H2,1H3,(H,27,31). The number of pyridine rings is 1. The van der Waals surface area contributed by atoms with E-state index in [4.69, 9.17) is 4.74 Å². The van der Waals surface area contributed by atoms with E-state index in [1.807, 2.05) is 47.0 Å². The average Bonchev–Trinajstić information content (AvgIpc) is 3.27. The monoisotopic (exact) mass is 473 g/mol. The van der Waals surface area contributed by atoms with E-state index in [-0.39, 0.29) is 11.7 Å². The highest BCUT2D eigenvalue weighted by molar-refractivity contribution is 7.99. The maximum atomic E-state index is 12.6. The van der Waals surface area contributed by atoms with Crippen LogP contribution in [0, 0.1) is 0 Å². The van der Waals surface area contributed by atoms with Crippen molar-refractivity contribution >= 4 is 29.3 Å². The van der Waals surface area contributed by atoms with Gasteiger partial charge in [0.25, 0.3) is 0 Å². The van der Waals surface area contributed by atoms with Crippen molar-refractivity contribution in [3.63, 3.8) is 0 Å². The van der Waals surface area contributed by atoms with E-state index in [1.165, 1.54) is 11.8 Å². The second-order valence-electron chi connectivity index (χ2n) is 7.25. The lowest BCUT2D eigenvalue weighted by Gasteiger charge is -2.11.